The standard InChI is InChI=1S/C12H17ClN2O2/c1-3-4-9(8-17-2)15-12(16)10-5-6-14-7-11(10)13/h5-7,9H,3-4,8H2,1-2H3,(H,15,16). The van der Waals surface area contributed by atoms with Gasteiger partial charge in [0.05, 0.1) is 23.2 Å². The van der Waals surface area contributed by atoms with Crippen LogP contribution in [0.15, 0.2) is 18.5 Å². The second-order valence-electron chi connectivity index (χ2n) is 3.77. The van der Waals surface area contributed by atoms with Crippen molar-refractivity contribution in [2.75, 3.05) is 13.7 Å². The van der Waals surface area contributed by atoms with Gasteiger partial charge in [-0.2, -0.15) is 0 Å². The molecule has 0 spiro atoms. The van der Waals surface area contributed by atoms with Crippen molar-refractivity contribution in [3.8, 4) is 0 Å². The summed E-state index contributed by atoms with van der Waals surface area (Å²) >= 11 is 5.90. The molecule has 0 aliphatic rings. The van der Waals surface area contributed by atoms with Crippen LogP contribution in [0.4, 0.5) is 0 Å². The number of nitrogens with zero attached hydrogens (tertiary/aromatic N) is 1. The van der Waals surface area contributed by atoms with Gasteiger partial charge in [0.15, 0.2) is 0 Å². The lowest BCUT2D eigenvalue weighted by molar-refractivity contribution is 0.0891. The number of aromatic nitrogens is 1. The molecular formula is C12H17ClN2O2. The maximum absolute atomic E-state index is 11.9. The lowest BCUT2D eigenvalue weighted by atomic mass is 10.1. The van der Waals surface area contributed by atoms with E-state index in [0.717, 1.165) is 12.8 Å². The van der Waals surface area contributed by atoms with Gasteiger partial charge < -0.3 is 10.1 Å². The monoisotopic (exact) mass is 256 g/mol. The molecule has 0 aromatic carbocycles. The highest BCUT2D eigenvalue weighted by Gasteiger charge is 2.15. The van der Waals surface area contributed by atoms with Crippen LogP contribution in [-0.4, -0.2) is 30.6 Å². The Morgan fingerprint density at radius 1 is 1.65 bits per heavy atom. The highest BCUT2D eigenvalue weighted by Crippen LogP contribution is 2.13. The van der Waals surface area contributed by atoms with Crippen LogP contribution in [0, 0.1) is 0 Å². The molecule has 0 radical (unpaired) electrons. The number of hydrogen-bond donors (Lipinski definition) is 1. The second-order valence-corrected chi connectivity index (χ2v) is 4.18. The van der Waals surface area contributed by atoms with Crippen LogP contribution in [-0.2, 0) is 4.74 Å². The molecule has 0 saturated carbocycles. The average molecular weight is 257 g/mol. The van der Waals surface area contributed by atoms with E-state index in [1.54, 1.807) is 19.4 Å². The maximum Gasteiger partial charge on any atom is 0.253 e. The van der Waals surface area contributed by atoms with Crippen LogP contribution >= 0.6 is 11.6 Å². The Kier molecular flexibility index (Phi) is 5.94. The number of ether oxygens (including phenoxy) is 1. The summed E-state index contributed by atoms with van der Waals surface area (Å²) in [5.74, 6) is -0.187. The Balaban J connectivity index is 2.67. The van der Waals surface area contributed by atoms with Gasteiger partial charge in [-0.25, -0.2) is 0 Å². The first-order valence-corrected chi connectivity index (χ1v) is 5.96. The molecule has 1 aromatic heterocycles. The van der Waals surface area contributed by atoms with Crippen molar-refractivity contribution in [2.24, 2.45) is 0 Å². The molecule has 1 N–H and O–H groups in total. The fourth-order valence-corrected chi connectivity index (χ4v) is 1.77. The fraction of sp³-hybridized carbons (Fsp3) is 0.500. The summed E-state index contributed by atoms with van der Waals surface area (Å²) in [5.41, 5.74) is 0.443. The van der Waals surface area contributed by atoms with Crippen LogP contribution in [0.25, 0.3) is 0 Å². The summed E-state index contributed by atoms with van der Waals surface area (Å²) in [6.07, 6.45) is 4.87. The van der Waals surface area contributed by atoms with E-state index in [0.29, 0.717) is 17.2 Å². The average Bonchev–Trinajstić information content (AvgIpc) is 2.30. The number of methoxy groups -OCH3 is 1. The molecular weight excluding hydrogens is 240 g/mol. The van der Waals surface area contributed by atoms with Crippen molar-refractivity contribution in [1.82, 2.24) is 10.3 Å². The predicted octanol–water partition coefficient (Wildman–Crippen LogP) is 2.28. The number of rotatable bonds is 6. The van der Waals surface area contributed by atoms with Crippen molar-refractivity contribution in [3.05, 3.63) is 29.0 Å². The van der Waals surface area contributed by atoms with E-state index in [1.165, 1.54) is 6.20 Å². The largest absolute Gasteiger partial charge is 0.383 e. The molecule has 0 aliphatic heterocycles. The number of pyridine rings is 1. The number of amides is 1. The normalized spacial score (nSPS) is 12.2. The SMILES string of the molecule is CCCC(COC)NC(=O)c1ccncc1Cl. The quantitative estimate of drug-likeness (QED) is 0.850. The van der Waals surface area contributed by atoms with Crippen LogP contribution in [0.1, 0.15) is 30.1 Å². The van der Waals surface area contributed by atoms with E-state index in [2.05, 4.69) is 17.2 Å². The van der Waals surface area contributed by atoms with Crippen molar-refractivity contribution in [3.63, 3.8) is 0 Å². The molecule has 1 unspecified atom stereocenters. The summed E-state index contributed by atoms with van der Waals surface area (Å²) < 4.78 is 5.06. The first-order chi connectivity index (χ1) is 8.19. The van der Waals surface area contributed by atoms with Crippen molar-refractivity contribution in [2.45, 2.75) is 25.8 Å². The Morgan fingerprint density at radius 2 is 2.41 bits per heavy atom. The zero-order valence-corrected chi connectivity index (χ0v) is 10.8. The van der Waals surface area contributed by atoms with E-state index in [-0.39, 0.29) is 11.9 Å². The van der Waals surface area contributed by atoms with E-state index in [4.69, 9.17) is 16.3 Å². The van der Waals surface area contributed by atoms with Gasteiger partial charge in [0, 0.05) is 19.5 Å². The lowest BCUT2D eigenvalue weighted by Gasteiger charge is -2.17. The van der Waals surface area contributed by atoms with E-state index in [9.17, 15) is 4.79 Å². The third-order valence-corrected chi connectivity index (χ3v) is 2.66. The minimum atomic E-state index is -0.187. The predicted molar refractivity (Wildman–Crippen MR) is 67.3 cm³/mol. The molecule has 0 fully saturated rings. The summed E-state index contributed by atoms with van der Waals surface area (Å²) in [4.78, 5) is 15.8. The Labute approximate surface area is 106 Å². The summed E-state index contributed by atoms with van der Waals surface area (Å²) in [6.45, 7) is 2.57. The summed E-state index contributed by atoms with van der Waals surface area (Å²) in [5, 5.41) is 3.26. The van der Waals surface area contributed by atoms with E-state index >= 15 is 0 Å². The highest BCUT2D eigenvalue weighted by atomic mass is 35.5. The van der Waals surface area contributed by atoms with E-state index < -0.39 is 0 Å². The number of hydrogen-bond acceptors (Lipinski definition) is 3. The lowest BCUT2D eigenvalue weighted by Crippen LogP contribution is -2.38. The topological polar surface area (TPSA) is 51.2 Å². The molecule has 0 bridgehead atoms. The number of carbonyl (C=O) groups is 1. The molecule has 1 heterocycles. The van der Waals surface area contributed by atoms with Gasteiger partial charge in [-0.1, -0.05) is 24.9 Å². The smallest absolute Gasteiger partial charge is 0.253 e. The molecule has 0 aliphatic carbocycles. The molecule has 1 aromatic rings. The van der Waals surface area contributed by atoms with Gasteiger partial charge in [-0.3, -0.25) is 9.78 Å². The molecule has 0 saturated heterocycles. The molecule has 1 amide bonds. The third kappa shape index (κ3) is 4.32. The number of nitrogens with one attached hydrogen (secondary N) is 1. The van der Waals surface area contributed by atoms with Crippen LogP contribution in [0.3, 0.4) is 0 Å². The Bertz CT molecular complexity index is 365. The molecule has 4 nitrogen and oxygen atoms in total. The summed E-state index contributed by atoms with van der Waals surface area (Å²) in [7, 11) is 1.62. The van der Waals surface area contributed by atoms with Crippen LogP contribution < -0.4 is 5.32 Å². The number of carbonyl (C=O) groups excluding carboxylic acids is 1. The highest BCUT2D eigenvalue weighted by molar-refractivity contribution is 6.33. The zero-order valence-electron chi connectivity index (χ0n) is 10.1. The minimum absolute atomic E-state index is 0.0155. The first kappa shape index (κ1) is 13.9. The maximum atomic E-state index is 11.9. The third-order valence-electron chi connectivity index (χ3n) is 2.36. The Morgan fingerprint density at radius 3 is 3.00 bits per heavy atom. The molecule has 1 rings (SSSR count). The molecule has 17 heavy (non-hydrogen) atoms. The van der Waals surface area contributed by atoms with Crippen molar-refractivity contribution < 1.29 is 9.53 Å². The molecule has 1 atom stereocenters. The zero-order chi connectivity index (χ0) is 12.7. The molecule has 5 heteroatoms. The van der Waals surface area contributed by atoms with Gasteiger partial charge in [0.1, 0.15) is 0 Å². The van der Waals surface area contributed by atoms with Gasteiger partial charge in [0.2, 0.25) is 0 Å². The van der Waals surface area contributed by atoms with Gasteiger partial charge in [0.25, 0.3) is 5.91 Å². The molecule has 94 valence electrons. The van der Waals surface area contributed by atoms with Gasteiger partial charge in [-0.15, -0.1) is 0 Å². The minimum Gasteiger partial charge on any atom is -0.383 e. The first-order valence-electron chi connectivity index (χ1n) is 5.58. The van der Waals surface area contributed by atoms with Crippen molar-refractivity contribution in [1.29, 1.82) is 0 Å². The summed E-state index contributed by atoms with van der Waals surface area (Å²) in [6, 6.07) is 1.62. The second kappa shape index (κ2) is 7.25. The fourth-order valence-electron chi connectivity index (χ4n) is 1.57. The van der Waals surface area contributed by atoms with Gasteiger partial charge in [-0.05, 0) is 12.5 Å². The van der Waals surface area contributed by atoms with Crippen LogP contribution in [0.5, 0.6) is 0 Å². The number of halogens is 1. The van der Waals surface area contributed by atoms with Crippen LogP contribution in [0.2, 0.25) is 5.02 Å². The van der Waals surface area contributed by atoms with Crippen molar-refractivity contribution >= 4 is 17.5 Å². The van der Waals surface area contributed by atoms with E-state index in [1.807, 2.05) is 0 Å². The van der Waals surface area contributed by atoms with Gasteiger partial charge >= 0.3 is 0 Å². The Hall–Kier alpha value is -1.13.